The van der Waals surface area contributed by atoms with E-state index in [0.717, 1.165) is 16.8 Å². The zero-order chi connectivity index (χ0) is 18.4. The van der Waals surface area contributed by atoms with Gasteiger partial charge in [-0.25, -0.2) is 4.99 Å². The number of guanidine groups is 1. The summed E-state index contributed by atoms with van der Waals surface area (Å²) in [6, 6.07) is 12.2. The smallest absolute Gasteiger partial charge is 0.422 e. The van der Waals surface area contributed by atoms with Crippen LogP contribution in [-0.2, 0) is 6.54 Å². The number of alkyl halides is 3. The van der Waals surface area contributed by atoms with E-state index in [1.807, 2.05) is 32.0 Å². The van der Waals surface area contributed by atoms with Crippen LogP contribution >= 0.6 is 24.0 Å². The summed E-state index contributed by atoms with van der Waals surface area (Å²) < 4.78 is 41.7. The fourth-order valence-corrected chi connectivity index (χ4v) is 2.11. The summed E-state index contributed by atoms with van der Waals surface area (Å²) in [6.45, 7) is 2.76. The molecule has 0 bridgehead atoms. The average Bonchev–Trinajstić information content (AvgIpc) is 2.54. The Morgan fingerprint density at radius 3 is 2.46 bits per heavy atom. The predicted octanol–water partition coefficient (Wildman–Crippen LogP) is 4.79. The van der Waals surface area contributed by atoms with Gasteiger partial charge in [0, 0.05) is 11.3 Å². The highest BCUT2D eigenvalue weighted by atomic mass is 127. The molecule has 0 saturated heterocycles. The van der Waals surface area contributed by atoms with Gasteiger partial charge in [0.2, 0.25) is 0 Å². The molecule has 0 spiro atoms. The van der Waals surface area contributed by atoms with Gasteiger partial charge in [-0.1, -0.05) is 24.3 Å². The first-order chi connectivity index (χ1) is 11.7. The van der Waals surface area contributed by atoms with E-state index in [4.69, 9.17) is 10.5 Å². The SMILES string of the molecule is Cc1ccc(NC(N)=NCc2ccccc2OCC(F)(F)F)cc1C.I. The average molecular weight is 479 g/mol. The lowest BCUT2D eigenvalue weighted by Gasteiger charge is -2.12. The van der Waals surface area contributed by atoms with Crippen molar-refractivity contribution < 1.29 is 17.9 Å². The number of halogens is 4. The number of ether oxygens (including phenoxy) is 1. The number of hydrogen-bond acceptors (Lipinski definition) is 2. The molecule has 2 aromatic rings. The number of para-hydroxylation sites is 1. The van der Waals surface area contributed by atoms with Crippen LogP contribution in [0.25, 0.3) is 0 Å². The first kappa shape index (κ1) is 22.1. The van der Waals surface area contributed by atoms with Crippen LogP contribution in [0.3, 0.4) is 0 Å². The molecule has 0 unspecified atom stereocenters. The second-order valence-electron chi connectivity index (χ2n) is 5.64. The lowest BCUT2D eigenvalue weighted by Crippen LogP contribution is -2.23. The first-order valence-electron chi connectivity index (χ1n) is 7.66. The van der Waals surface area contributed by atoms with Crippen LogP contribution < -0.4 is 15.8 Å². The number of hydrogen-bond donors (Lipinski definition) is 2. The van der Waals surface area contributed by atoms with Gasteiger partial charge in [0.25, 0.3) is 0 Å². The highest BCUT2D eigenvalue weighted by molar-refractivity contribution is 14.0. The van der Waals surface area contributed by atoms with Crippen LogP contribution in [0.5, 0.6) is 5.75 Å². The van der Waals surface area contributed by atoms with Gasteiger partial charge in [0.15, 0.2) is 12.6 Å². The Morgan fingerprint density at radius 1 is 1.12 bits per heavy atom. The highest BCUT2D eigenvalue weighted by Gasteiger charge is 2.28. The zero-order valence-corrected chi connectivity index (χ0v) is 16.8. The van der Waals surface area contributed by atoms with E-state index in [1.54, 1.807) is 18.2 Å². The number of rotatable bonds is 5. The van der Waals surface area contributed by atoms with E-state index in [9.17, 15) is 13.2 Å². The summed E-state index contributed by atoms with van der Waals surface area (Å²) >= 11 is 0. The summed E-state index contributed by atoms with van der Waals surface area (Å²) in [6.07, 6.45) is -4.39. The van der Waals surface area contributed by atoms with Gasteiger partial charge in [-0.2, -0.15) is 13.2 Å². The van der Waals surface area contributed by atoms with Crippen LogP contribution in [0.1, 0.15) is 16.7 Å². The third-order valence-corrected chi connectivity index (χ3v) is 3.56. The van der Waals surface area contributed by atoms with Gasteiger partial charge in [0.05, 0.1) is 6.54 Å². The standard InChI is InChI=1S/C18H20F3N3O.HI/c1-12-7-8-15(9-13(12)2)24-17(22)23-10-14-5-3-4-6-16(14)25-11-18(19,20)21;/h3-9H,10-11H2,1-2H3,(H3,22,23,24);1H. The quantitative estimate of drug-likeness (QED) is 0.369. The molecule has 4 nitrogen and oxygen atoms in total. The fourth-order valence-electron chi connectivity index (χ4n) is 2.11. The Bertz CT molecular complexity index is 764. The third-order valence-electron chi connectivity index (χ3n) is 3.56. The minimum absolute atomic E-state index is 0. The molecule has 0 radical (unpaired) electrons. The number of nitrogens with one attached hydrogen (secondary N) is 1. The topological polar surface area (TPSA) is 59.6 Å². The van der Waals surface area contributed by atoms with E-state index >= 15 is 0 Å². The van der Waals surface area contributed by atoms with Crippen molar-refractivity contribution in [1.82, 2.24) is 0 Å². The number of nitrogens with zero attached hydrogens (tertiary/aromatic N) is 1. The van der Waals surface area contributed by atoms with Crippen molar-refractivity contribution in [2.45, 2.75) is 26.6 Å². The maximum absolute atomic E-state index is 12.3. The molecule has 26 heavy (non-hydrogen) atoms. The third kappa shape index (κ3) is 7.11. The molecule has 8 heteroatoms. The molecule has 0 amide bonds. The van der Waals surface area contributed by atoms with Gasteiger partial charge in [-0.15, -0.1) is 24.0 Å². The molecule has 0 atom stereocenters. The predicted molar refractivity (Wildman–Crippen MR) is 108 cm³/mol. The molecule has 0 aliphatic heterocycles. The lowest BCUT2D eigenvalue weighted by atomic mass is 10.1. The van der Waals surface area contributed by atoms with Crippen molar-refractivity contribution >= 4 is 35.6 Å². The van der Waals surface area contributed by atoms with Crippen LogP contribution in [0.15, 0.2) is 47.5 Å². The molecular weight excluding hydrogens is 458 g/mol. The number of aliphatic imine (C=N–C) groups is 1. The molecule has 3 N–H and O–H groups in total. The van der Waals surface area contributed by atoms with Gasteiger partial charge in [-0.3, -0.25) is 0 Å². The summed E-state index contributed by atoms with van der Waals surface area (Å²) in [5, 5.41) is 2.96. The zero-order valence-electron chi connectivity index (χ0n) is 14.4. The summed E-state index contributed by atoms with van der Waals surface area (Å²) in [4.78, 5) is 4.17. The van der Waals surface area contributed by atoms with Crippen molar-refractivity contribution in [2.24, 2.45) is 10.7 Å². The number of nitrogens with two attached hydrogens (primary N) is 1. The monoisotopic (exact) mass is 479 g/mol. The minimum Gasteiger partial charge on any atom is -0.484 e. The molecule has 2 rings (SSSR count). The fraction of sp³-hybridized carbons (Fsp3) is 0.278. The molecule has 0 saturated carbocycles. The van der Waals surface area contributed by atoms with E-state index in [1.165, 1.54) is 6.07 Å². The molecule has 2 aromatic carbocycles. The first-order valence-corrected chi connectivity index (χ1v) is 7.66. The van der Waals surface area contributed by atoms with Crippen LogP contribution in [-0.4, -0.2) is 18.7 Å². The lowest BCUT2D eigenvalue weighted by molar-refractivity contribution is -0.153. The molecule has 142 valence electrons. The Balaban J connectivity index is 0.00000338. The maximum atomic E-state index is 12.3. The van der Waals surface area contributed by atoms with E-state index in [-0.39, 0.29) is 42.2 Å². The highest BCUT2D eigenvalue weighted by Crippen LogP contribution is 2.23. The Kier molecular flexibility index (Phi) is 8.19. The molecule has 0 aliphatic rings. The number of anilines is 1. The van der Waals surface area contributed by atoms with Crippen molar-refractivity contribution in [3.63, 3.8) is 0 Å². The molecule has 0 aliphatic carbocycles. The van der Waals surface area contributed by atoms with Gasteiger partial charge < -0.3 is 15.8 Å². The normalized spacial score (nSPS) is 11.7. The summed E-state index contributed by atoms with van der Waals surface area (Å²) in [5.41, 5.74) is 9.45. The second-order valence-corrected chi connectivity index (χ2v) is 5.64. The van der Waals surface area contributed by atoms with Crippen molar-refractivity contribution in [3.05, 3.63) is 59.2 Å². The Labute approximate surface area is 167 Å². The summed E-state index contributed by atoms with van der Waals surface area (Å²) in [7, 11) is 0. The Hall–Kier alpha value is -1.97. The van der Waals surface area contributed by atoms with E-state index in [2.05, 4.69) is 10.3 Å². The largest absolute Gasteiger partial charge is 0.484 e. The second kappa shape index (κ2) is 9.65. The van der Waals surface area contributed by atoms with Crippen molar-refractivity contribution in [2.75, 3.05) is 11.9 Å². The van der Waals surface area contributed by atoms with Crippen LogP contribution in [0, 0.1) is 13.8 Å². The van der Waals surface area contributed by atoms with Gasteiger partial charge in [-0.05, 0) is 43.2 Å². The van der Waals surface area contributed by atoms with E-state index in [0.29, 0.717) is 5.56 Å². The van der Waals surface area contributed by atoms with Gasteiger partial charge in [0.1, 0.15) is 5.75 Å². The Morgan fingerprint density at radius 2 is 1.81 bits per heavy atom. The van der Waals surface area contributed by atoms with Crippen LogP contribution in [0.2, 0.25) is 0 Å². The summed E-state index contributed by atoms with van der Waals surface area (Å²) in [5.74, 6) is 0.316. The van der Waals surface area contributed by atoms with Crippen LogP contribution in [0.4, 0.5) is 18.9 Å². The van der Waals surface area contributed by atoms with Crippen molar-refractivity contribution in [3.8, 4) is 5.75 Å². The molecule has 0 aromatic heterocycles. The molecular formula is C18H21F3IN3O. The minimum atomic E-state index is -4.39. The van der Waals surface area contributed by atoms with Crippen molar-refractivity contribution in [1.29, 1.82) is 0 Å². The maximum Gasteiger partial charge on any atom is 0.422 e. The molecule has 0 fully saturated rings. The number of aryl methyl sites for hydroxylation is 2. The number of benzene rings is 2. The molecule has 0 heterocycles. The van der Waals surface area contributed by atoms with Gasteiger partial charge >= 0.3 is 6.18 Å². The van der Waals surface area contributed by atoms with E-state index < -0.39 is 12.8 Å².